The summed E-state index contributed by atoms with van der Waals surface area (Å²) in [5.41, 5.74) is 2.74. The second-order valence-electron chi connectivity index (χ2n) is 7.83. The van der Waals surface area contributed by atoms with Crippen molar-refractivity contribution in [2.45, 2.75) is 58.7 Å². The number of H-pyrrole nitrogens is 1. The summed E-state index contributed by atoms with van der Waals surface area (Å²) in [4.78, 5) is 17.9. The Balaban J connectivity index is 1.99. The highest BCUT2D eigenvalue weighted by atomic mass is 79.9. The fourth-order valence-electron chi connectivity index (χ4n) is 3.15. The third-order valence-corrected chi connectivity index (χ3v) is 4.72. The summed E-state index contributed by atoms with van der Waals surface area (Å²) in [6.07, 6.45) is 0.552. The number of carbonyl (C=O) groups excluding carboxylic acids is 1. The van der Waals surface area contributed by atoms with Gasteiger partial charge < -0.3 is 9.72 Å². The minimum absolute atomic E-state index is 0.256. The second-order valence-corrected chi connectivity index (χ2v) is 8.74. The molecular weight excluding hydrogens is 356 g/mol. The number of benzene rings is 1. The van der Waals surface area contributed by atoms with Gasteiger partial charge in [0.05, 0.1) is 6.54 Å². The molecule has 0 spiro atoms. The van der Waals surface area contributed by atoms with E-state index in [-0.39, 0.29) is 11.6 Å². The zero-order valence-electron chi connectivity index (χ0n) is 14.3. The molecule has 1 amide bonds. The van der Waals surface area contributed by atoms with Crippen LogP contribution >= 0.6 is 15.9 Å². The molecule has 0 saturated carbocycles. The van der Waals surface area contributed by atoms with Crippen molar-refractivity contribution in [1.82, 2.24) is 9.88 Å². The number of nitrogens with zero attached hydrogens (tertiary/aromatic N) is 1. The van der Waals surface area contributed by atoms with Crippen molar-refractivity contribution in [1.29, 1.82) is 0 Å². The fraction of sp³-hybridized carbons (Fsp3) is 0.500. The van der Waals surface area contributed by atoms with Crippen LogP contribution in [0.2, 0.25) is 0 Å². The first kappa shape index (κ1) is 16.4. The quantitative estimate of drug-likeness (QED) is 0.700. The van der Waals surface area contributed by atoms with Gasteiger partial charge in [0.2, 0.25) is 0 Å². The molecule has 0 aliphatic carbocycles. The highest BCUT2D eigenvalue weighted by Gasteiger charge is 2.39. The molecule has 124 valence electrons. The summed E-state index contributed by atoms with van der Waals surface area (Å²) < 4.78 is 6.63. The van der Waals surface area contributed by atoms with Gasteiger partial charge in [-0.15, -0.1) is 0 Å². The van der Waals surface area contributed by atoms with Gasteiger partial charge in [-0.3, -0.25) is 4.90 Å². The summed E-state index contributed by atoms with van der Waals surface area (Å²) in [6, 6.07) is 6.27. The van der Waals surface area contributed by atoms with Crippen molar-refractivity contribution in [2.24, 2.45) is 0 Å². The van der Waals surface area contributed by atoms with Crippen molar-refractivity contribution in [3.05, 3.63) is 33.9 Å². The number of ether oxygens (including phenoxy) is 1. The van der Waals surface area contributed by atoms with Gasteiger partial charge in [-0.2, -0.15) is 0 Å². The van der Waals surface area contributed by atoms with E-state index >= 15 is 0 Å². The van der Waals surface area contributed by atoms with Crippen LogP contribution in [0.1, 0.15) is 45.9 Å². The standard InChI is InChI=1S/C18H23BrN2O2/c1-17(2,3)23-16(22)21-10-15-13(9-18(21,4)5)12-7-6-11(19)8-14(12)20-15/h6-8,20H,9-10H2,1-5H3. The predicted octanol–water partition coefficient (Wildman–Crippen LogP) is 5.00. The molecule has 0 bridgehead atoms. The monoisotopic (exact) mass is 378 g/mol. The van der Waals surface area contributed by atoms with Gasteiger partial charge in [0.25, 0.3) is 0 Å². The van der Waals surface area contributed by atoms with Crippen molar-refractivity contribution in [2.75, 3.05) is 0 Å². The summed E-state index contributed by atoms with van der Waals surface area (Å²) >= 11 is 3.51. The lowest BCUT2D eigenvalue weighted by atomic mass is 9.87. The van der Waals surface area contributed by atoms with E-state index in [2.05, 4.69) is 53.0 Å². The van der Waals surface area contributed by atoms with Crippen LogP contribution in [0, 0.1) is 0 Å². The van der Waals surface area contributed by atoms with Crippen LogP contribution in [-0.4, -0.2) is 27.1 Å². The molecule has 2 aromatic rings. The van der Waals surface area contributed by atoms with Gasteiger partial charge in [0.1, 0.15) is 5.60 Å². The van der Waals surface area contributed by atoms with Gasteiger partial charge in [0.15, 0.2) is 0 Å². The largest absolute Gasteiger partial charge is 0.444 e. The zero-order chi connectivity index (χ0) is 17.0. The van der Waals surface area contributed by atoms with Crippen LogP contribution in [-0.2, 0) is 17.7 Å². The predicted molar refractivity (Wildman–Crippen MR) is 95.6 cm³/mol. The summed E-state index contributed by atoms with van der Waals surface area (Å²) in [7, 11) is 0. The third kappa shape index (κ3) is 3.11. The van der Waals surface area contributed by atoms with Crippen LogP contribution in [0.5, 0.6) is 0 Å². The van der Waals surface area contributed by atoms with E-state index in [1.165, 1.54) is 10.9 Å². The first-order chi connectivity index (χ1) is 10.6. The number of aromatic amines is 1. The van der Waals surface area contributed by atoms with Crippen LogP contribution in [0.4, 0.5) is 4.79 Å². The molecule has 0 unspecified atom stereocenters. The minimum Gasteiger partial charge on any atom is -0.444 e. The molecule has 2 heterocycles. The maximum Gasteiger partial charge on any atom is 0.411 e. The minimum atomic E-state index is -0.487. The van der Waals surface area contributed by atoms with Gasteiger partial charge in [-0.25, -0.2) is 4.79 Å². The molecule has 0 saturated heterocycles. The Morgan fingerprint density at radius 3 is 2.70 bits per heavy atom. The SMILES string of the molecule is CC(C)(C)OC(=O)N1Cc2[nH]c3cc(Br)ccc3c2CC1(C)C. The number of halogens is 1. The van der Waals surface area contributed by atoms with E-state index in [0.717, 1.165) is 22.1 Å². The lowest BCUT2D eigenvalue weighted by molar-refractivity contribution is -0.00281. The molecule has 1 N–H and O–H groups in total. The van der Waals surface area contributed by atoms with Crippen LogP contribution < -0.4 is 0 Å². The average molecular weight is 379 g/mol. The molecule has 4 nitrogen and oxygen atoms in total. The lowest BCUT2D eigenvalue weighted by Crippen LogP contribution is -2.52. The number of hydrogen-bond acceptors (Lipinski definition) is 2. The fourth-order valence-corrected chi connectivity index (χ4v) is 3.51. The highest BCUT2D eigenvalue weighted by molar-refractivity contribution is 9.10. The molecule has 1 aliphatic rings. The van der Waals surface area contributed by atoms with E-state index in [9.17, 15) is 4.79 Å². The number of nitrogens with one attached hydrogen (secondary N) is 1. The molecule has 23 heavy (non-hydrogen) atoms. The average Bonchev–Trinajstić information content (AvgIpc) is 2.70. The molecule has 0 radical (unpaired) electrons. The molecule has 1 aromatic carbocycles. The van der Waals surface area contributed by atoms with Crippen molar-refractivity contribution in [3.63, 3.8) is 0 Å². The van der Waals surface area contributed by atoms with E-state index in [4.69, 9.17) is 4.74 Å². The van der Waals surface area contributed by atoms with Crippen LogP contribution in [0.3, 0.4) is 0 Å². The Hall–Kier alpha value is -1.49. The number of hydrogen-bond donors (Lipinski definition) is 1. The Kier molecular flexibility index (Phi) is 3.75. The number of aromatic nitrogens is 1. The maximum absolute atomic E-state index is 12.6. The van der Waals surface area contributed by atoms with E-state index in [1.54, 1.807) is 0 Å². The Bertz CT molecular complexity index is 771. The normalized spacial score (nSPS) is 17.2. The van der Waals surface area contributed by atoms with Gasteiger partial charge in [-0.05, 0) is 58.7 Å². The summed E-state index contributed by atoms with van der Waals surface area (Å²) in [5.74, 6) is 0. The summed E-state index contributed by atoms with van der Waals surface area (Å²) in [6.45, 7) is 10.4. The first-order valence-electron chi connectivity index (χ1n) is 7.86. The molecule has 5 heteroatoms. The van der Waals surface area contributed by atoms with E-state index in [0.29, 0.717) is 6.54 Å². The van der Waals surface area contributed by atoms with Crippen molar-refractivity contribution >= 4 is 32.9 Å². The molecule has 0 atom stereocenters. The van der Waals surface area contributed by atoms with Gasteiger partial charge in [0, 0.05) is 26.6 Å². The van der Waals surface area contributed by atoms with E-state index < -0.39 is 5.60 Å². The number of fused-ring (bicyclic) bond motifs is 3. The zero-order valence-corrected chi connectivity index (χ0v) is 15.9. The lowest BCUT2D eigenvalue weighted by Gasteiger charge is -2.42. The third-order valence-electron chi connectivity index (χ3n) is 4.23. The second kappa shape index (κ2) is 5.26. The van der Waals surface area contributed by atoms with Crippen molar-refractivity contribution < 1.29 is 9.53 Å². The summed E-state index contributed by atoms with van der Waals surface area (Å²) in [5, 5.41) is 1.24. The Morgan fingerprint density at radius 2 is 2.04 bits per heavy atom. The highest BCUT2D eigenvalue weighted by Crippen LogP contribution is 2.36. The van der Waals surface area contributed by atoms with Gasteiger partial charge in [-0.1, -0.05) is 22.0 Å². The number of carbonyl (C=O) groups is 1. The molecule has 1 aromatic heterocycles. The van der Waals surface area contributed by atoms with Crippen LogP contribution in [0.25, 0.3) is 10.9 Å². The molecule has 0 fully saturated rings. The van der Waals surface area contributed by atoms with Crippen molar-refractivity contribution in [3.8, 4) is 0 Å². The van der Waals surface area contributed by atoms with Crippen LogP contribution in [0.15, 0.2) is 22.7 Å². The molecular formula is C18H23BrN2O2. The number of rotatable bonds is 0. The van der Waals surface area contributed by atoms with Gasteiger partial charge >= 0.3 is 6.09 Å². The maximum atomic E-state index is 12.6. The first-order valence-corrected chi connectivity index (χ1v) is 8.66. The molecule has 3 rings (SSSR count). The van der Waals surface area contributed by atoms with E-state index in [1.807, 2.05) is 25.7 Å². The number of amides is 1. The topological polar surface area (TPSA) is 45.3 Å². The molecule has 1 aliphatic heterocycles. The Morgan fingerprint density at radius 1 is 1.35 bits per heavy atom. The Labute approximate surface area is 145 Å². The smallest absolute Gasteiger partial charge is 0.411 e.